The van der Waals surface area contributed by atoms with Gasteiger partial charge in [0.1, 0.15) is 5.76 Å². The third kappa shape index (κ3) is 3.34. The zero-order chi connectivity index (χ0) is 13.0. The summed E-state index contributed by atoms with van der Waals surface area (Å²) in [6, 6.07) is 2.75. The smallest absolute Gasteiger partial charge is 0.118 e. The van der Waals surface area contributed by atoms with Gasteiger partial charge in [0.2, 0.25) is 0 Å². The second kappa shape index (κ2) is 6.36. The minimum atomic E-state index is 0.558. The molecule has 4 nitrogen and oxygen atoms in total. The zero-order valence-electron chi connectivity index (χ0n) is 11.6. The Hall–Kier alpha value is -0.840. The van der Waals surface area contributed by atoms with Crippen molar-refractivity contribution in [3.63, 3.8) is 0 Å². The van der Waals surface area contributed by atoms with Crippen molar-refractivity contribution in [2.24, 2.45) is 5.73 Å². The molecule has 1 aromatic rings. The summed E-state index contributed by atoms with van der Waals surface area (Å²) in [6.45, 7) is 7.30. The van der Waals surface area contributed by atoms with Gasteiger partial charge in [0.25, 0.3) is 0 Å². The van der Waals surface area contributed by atoms with Crippen LogP contribution in [0.5, 0.6) is 0 Å². The molecular weight excluding hydrogens is 226 g/mol. The van der Waals surface area contributed by atoms with E-state index in [1.54, 1.807) is 6.26 Å². The molecule has 4 heteroatoms. The van der Waals surface area contributed by atoms with E-state index in [1.807, 2.05) is 0 Å². The number of piperidine rings is 1. The van der Waals surface area contributed by atoms with Gasteiger partial charge in [-0.05, 0) is 45.6 Å². The molecule has 1 aliphatic rings. The van der Waals surface area contributed by atoms with E-state index in [4.69, 9.17) is 10.2 Å². The molecule has 2 heterocycles. The van der Waals surface area contributed by atoms with Gasteiger partial charge in [-0.25, -0.2) is 0 Å². The molecule has 2 N–H and O–H groups in total. The first kappa shape index (κ1) is 13.6. The summed E-state index contributed by atoms with van der Waals surface area (Å²) in [7, 11) is 2.19. The minimum absolute atomic E-state index is 0.558. The summed E-state index contributed by atoms with van der Waals surface area (Å²) in [4.78, 5) is 4.93. The molecular formula is C14H25N3O. The fourth-order valence-corrected chi connectivity index (χ4v) is 2.67. The monoisotopic (exact) mass is 251 g/mol. The molecule has 102 valence electrons. The third-order valence-corrected chi connectivity index (χ3v) is 3.98. The Balaban J connectivity index is 1.82. The SMILES string of the molecule is CCN1CCC(N(C)Cc2cc(CN)co2)CC1. The van der Waals surface area contributed by atoms with Gasteiger partial charge in [0, 0.05) is 18.2 Å². The lowest BCUT2D eigenvalue weighted by Crippen LogP contribution is -2.42. The molecule has 18 heavy (non-hydrogen) atoms. The second-order valence-electron chi connectivity index (χ2n) is 5.21. The summed E-state index contributed by atoms with van der Waals surface area (Å²) in [6.07, 6.45) is 4.28. The van der Waals surface area contributed by atoms with E-state index in [0.717, 1.165) is 17.9 Å². The average Bonchev–Trinajstić information content (AvgIpc) is 2.86. The van der Waals surface area contributed by atoms with Crippen molar-refractivity contribution in [2.45, 2.75) is 38.9 Å². The first-order valence-corrected chi connectivity index (χ1v) is 6.92. The maximum Gasteiger partial charge on any atom is 0.118 e. The van der Waals surface area contributed by atoms with Gasteiger partial charge in [0.15, 0.2) is 0 Å². The van der Waals surface area contributed by atoms with Crippen molar-refractivity contribution >= 4 is 0 Å². The molecule has 0 aliphatic carbocycles. The highest BCUT2D eigenvalue weighted by Gasteiger charge is 2.22. The molecule has 0 bridgehead atoms. The first-order valence-electron chi connectivity index (χ1n) is 6.92. The van der Waals surface area contributed by atoms with Crippen LogP contribution in [-0.2, 0) is 13.1 Å². The van der Waals surface area contributed by atoms with Gasteiger partial charge >= 0.3 is 0 Å². The molecule has 1 saturated heterocycles. The Morgan fingerprint density at radius 1 is 1.44 bits per heavy atom. The lowest BCUT2D eigenvalue weighted by molar-refractivity contribution is 0.121. The fourth-order valence-electron chi connectivity index (χ4n) is 2.67. The minimum Gasteiger partial charge on any atom is -0.468 e. The summed E-state index contributed by atoms with van der Waals surface area (Å²) in [5, 5.41) is 0. The lowest BCUT2D eigenvalue weighted by Gasteiger charge is -2.35. The van der Waals surface area contributed by atoms with Crippen molar-refractivity contribution in [3.8, 4) is 0 Å². The van der Waals surface area contributed by atoms with E-state index in [2.05, 4.69) is 29.8 Å². The van der Waals surface area contributed by atoms with E-state index in [0.29, 0.717) is 12.6 Å². The number of rotatable bonds is 5. The number of nitrogens with two attached hydrogens (primary N) is 1. The Labute approximate surface area is 110 Å². The quantitative estimate of drug-likeness (QED) is 0.864. The Morgan fingerprint density at radius 2 is 2.17 bits per heavy atom. The van der Waals surface area contributed by atoms with Crippen LogP contribution in [0, 0.1) is 0 Å². The van der Waals surface area contributed by atoms with Crippen LogP contribution in [0.3, 0.4) is 0 Å². The summed E-state index contributed by atoms with van der Waals surface area (Å²) in [5.74, 6) is 1.02. The van der Waals surface area contributed by atoms with Crippen LogP contribution < -0.4 is 5.73 Å². The molecule has 1 aromatic heterocycles. The summed E-state index contributed by atoms with van der Waals surface area (Å²) in [5.41, 5.74) is 6.67. The predicted octanol–water partition coefficient (Wildman–Crippen LogP) is 1.65. The molecule has 0 amide bonds. The first-order chi connectivity index (χ1) is 8.72. The standard InChI is InChI=1S/C14H25N3O/c1-3-17-6-4-13(5-7-17)16(2)10-14-8-12(9-15)11-18-14/h8,11,13H,3-7,9-10,15H2,1-2H3. The Morgan fingerprint density at radius 3 is 2.72 bits per heavy atom. The normalized spacial score (nSPS) is 18.7. The highest BCUT2D eigenvalue weighted by atomic mass is 16.3. The number of hydrogen-bond acceptors (Lipinski definition) is 4. The van der Waals surface area contributed by atoms with Crippen LogP contribution in [0.25, 0.3) is 0 Å². The topological polar surface area (TPSA) is 45.6 Å². The number of likely N-dealkylation sites (tertiary alicyclic amines) is 1. The van der Waals surface area contributed by atoms with Gasteiger partial charge in [0.05, 0.1) is 12.8 Å². The van der Waals surface area contributed by atoms with Gasteiger partial charge in [-0.3, -0.25) is 4.90 Å². The molecule has 1 fully saturated rings. The largest absolute Gasteiger partial charge is 0.468 e. The van der Waals surface area contributed by atoms with Crippen LogP contribution in [0.2, 0.25) is 0 Å². The maximum atomic E-state index is 5.59. The maximum absolute atomic E-state index is 5.59. The Bertz CT molecular complexity index is 356. The molecule has 0 aromatic carbocycles. The molecule has 0 spiro atoms. The van der Waals surface area contributed by atoms with Crippen LogP contribution >= 0.6 is 0 Å². The van der Waals surface area contributed by atoms with Crippen molar-refractivity contribution in [1.82, 2.24) is 9.80 Å². The van der Waals surface area contributed by atoms with E-state index in [9.17, 15) is 0 Å². The van der Waals surface area contributed by atoms with Gasteiger partial charge < -0.3 is 15.1 Å². The highest BCUT2D eigenvalue weighted by Crippen LogP contribution is 2.18. The van der Waals surface area contributed by atoms with Gasteiger partial charge in [-0.1, -0.05) is 6.92 Å². The van der Waals surface area contributed by atoms with E-state index in [-0.39, 0.29) is 0 Å². The Kier molecular flexibility index (Phi) is 4.80. The fraction of sp³-hybridized carbons (Fsp3) is 0.714. The van der Waals surface area contributed by atoms with Crippen molar-refractivity contribution in [1.29, 1.82) is 0 Å². The van der Waals surface area contributed by atoms with Gasteiger partial charge in [-0.15, -0.1) is 0 Å². The van der Waals surface area contributed by atoms with Crippen LogP contribution in [0.15, 0.2) is 16.7 Å². The molecule has 2 rings (SSSR count). The zero-order valence-corrected chi connectivity index (χ0v) is 11.6. The van der Waals surface area contributed by atoms with Crippen molar-refractivity contribution in [2.75, 3.05) is 26.7 Å². The molecule has 0 radical (unpaired) electrons. The number of nitrogens with zero attached hydrogens (tertiary/aromatic N) is 2. The summed E-state index contributed by atoms with van der Waals surface area (Å²) < 4.78 is 5.53. The molecule has 0 atom stereocenters. The molecule has 1 aliphatic heterocycles. The van der Waals surface area contributed by atoms with E-state index in [1.165, 1.54) is 32.5 Å². The predicted molar refractivity (Wildman–Crippen MR) is 73.2 cm³/mol. The van der Waals surface area contributed by atoms with Crippen LogP contribution in [-0.4, -0.2) is 42.5 Å². The van der Waals surface area contributed by atoms with Crippen molar-refractivity contribution in [3.05, 3.63) is 23.7 Å². The average molecular weight is 251 g/mol. The second-order valence-corrected chi connectivity index (χ2v) is 5.21. The summed E-state index contributed by atoms with van der Waals surface area (Å²) >= 11 is 0. The van der Waals surface area contributed by atoms with Crippen LogP contribution in [0.4, 0.5) is 0 Å². The van der Waals surface area contributed by atoms with E-state index < -0.39 is 0 Å². The van der Waals surface area contributed by atoms with Gasteiger partial charge in [-0.2, -0.15) is 0 Å². The molecule has 0 unspecified atom stereocenters. The molecule has 0 saturated carbocycles. The lowest BCUT2D eigenvalue weighted by atomic mass is 10.0. The highest BCUT2D eigenvalue weighted by molar-refractivity contribution is 5.12. The van der Waals surface area contributed by atoms with Crippen molar-refractivity contribution < 1.29 is 4.42 Å². The third-order valence-electron chi connectivity index (χ3n) is 3.98. The number of hydrogen-bond donors (Lipinski definition) is 1. The van der Waals surface area contributed by atoms with E-state index >= 15 is 0 Å². The van der Waals surface area contributed by atoms with Crippen LogP contribution in [0.1, 0.15) is 31.1 Å². The number of furan rings is 1.